The van der Waals surface area contributed by atoms with Gasteiger partial charge in [0.25, 0.3) is 6.47 Å². The number of aliphatic hydroxyl groups excluding tert-OH is 2. The summed E-state index contributed by atoms with van der Waals surface area (Å²) < 4.78 is 9.30. The minimum atomic E-state index is -0.185. The Bertz CT molecular complexity index is 439. The zero-order valence-electron chi connectivity index (χ0n) is 22.6. The van der Waals surface area contributed by atoms with Gasteiger partial charge in [0.05, 0.1) is 23.7 Å². The van der Waals surface area contributed by atoms with E-state index in [1.54, 1.807) is 0 Å². The third kappa shape index (κ3) is 28.8. The molecule has 0 spiro atoms. The van der Waals surface area contributed by atoms with Gasteiger partial charge in [-0.25, -0.2) is 0 Å². The smallest absolute Gasteiger partial charge is 0.306 e. The third-order valence-electron chi connectivity index (χ3n) is 5.50. The number of rotatable bonds is 24. The molecule has 35 heavy (non-hydrogen) atoms. The first-order valence-electron chi connectivity index (χ1n) is 13.2. The standard InChI is InChI=1S/C23H46O3S2.C3H6O3.Sn.2H2/c1-4-6-8-10-12-14-17-23(27-3,18-15-13-11-9-7-5-2)28-21-16-22(25)26-20-19-24;4-1-2-6-3-5;;;/h24H,4-21H2,1-3H3;3-4H,1-2H2;;2*1H. The van der Waals surface area contributed by atoms with Crippen molar-refractivity contribution < 1.29 is 32.1 Å². The minimum absolute atomic E-state index is 0. The fourth-order valence-electron chi connectivity index (χ4n) is 3.53. The monoisotopic (exact) mass is 648 g/mol. The summed E-state index contributed by atoms with van der Waals surface area (Å²) in [5.74, 6) is 0.632. The quantitative estimate of drug-likeness (QED) is 0.0405. The predicted molar refractivity (Wildman–Crippen MR) is 156 cm³/mol. The van der Waals surface area contributed by atoms with Crippen LogP contribution in [-0.2, 0) is 19.1 Å². The van der Waals surface area contributed by atoms with Gasteiger partial charge in [-0.3, -0.25) is 9.59 Å². The van der Waals surface area contributed by atoms with Crippen LogP contribution in [0, 0.1) is 0 Å². The van der Waals surface area contributed by atoms with Crippen molar-refractivity contribution in [3.8, 4) is 0 Å². The zero-order valence-corrected chi connectivity index (χ0v) is 27.1. The average molecular weight is 648 g/mol. The van der Waals surface area contributed by atoms with E-state index in [1.807, 2.05) is 23.5 Å². The van der Waals surface area contributed by atoms with Gasteiger partial charge in [0.15, 0.2) is 0 Å². The van der Waals surface area contributed by atoms with E-state index in [9.17, 15) is 9.59 Å². The van der Waals surface area contributed by atoms with Crippen molar-refractivity contribution in [3.05, 3.63) is 0 Å². The van der Waals surface area contributed by atoms with Gasteiger partial charge in [0.1, 0.15) is 13.2 Å². The second-order valence-corrected chi connectivity index (χ2v) is 11.3. The predicted octanol–water partition coefficient (Wildman–Crippen LogP) is 6.47. The molecule has 9 heteroatoms. The Hall–Kier alpha value is 0.359. The van der Waals surface area contributed by atoms with Gasteiger partial charge in [0.2, 0.25) is 0 Å². The molecule has 6 nitrogen and oxygen atoms in total. The second kappa shape index (κ2) is 32.4. The molecule has 0 aromatic heterocycles. The van der Waals surface area contributed by atoms with E-state index in [2.05, 4.69) is 24.8 Å². The van der Waals surface area contributed by atoms with E-state index >= 15 is 0 Å². The van der Waals surface area contributed by atoms with Crippen molar-refractivity contribution in [2.24, 2.45) is 0 Å². The Morgan fingerprint density at radius 1 is 0.857 bits per heavy atom. The molecule has 0 heterocycles. The van der Waals surface area contributed by atoms with Crippen LogP contribution in [0.4, 0.5) is 0 Å². The molecule has 0 aliphatic heterocycles. The van der Waals surface area contributed by atoms with Crippen LogP contribution in [-0.4, -0.2) is 89.1 Å². The maximum atomic E-state index is 11.7. The molecule has 0 saturated carbocycles. The number of unbranched alkanes of at least 4 members (excludes halogenated alkanes) is 10. The topological polar surface area (TPSA) is 93.1 Å². The second-order valence-electron chi connectivity index (χ2n) is 8.38. The summed E-state index contributed by atoms with van der Waals surface area (Å²) in [6.45, 7) is 4.86. The van der Waals surface area contributed by atoms with E-state index in [0.717, 1.165) is 5.75 Å². The van der Waals surface area contributed by atoms with Crippen molar-refractivity contribution in [1.82, 2.24) is 0 Å². The molecule has 212 valence electrons. The molecule has 0 saturated heterocycles. The number of esters is 1. The van der Waals surface area contributed by atoms with Crippen LogP contribution in [0.2, 0.25) is 0 Å². The van der Waals surface area contributed by atoms with Crippen LogP contribution >= 0.6 is 23.5 Å². The molecule has 0 fully saturated rings. The van der Waals surface area contributed by atoms with Crippen LogP contribution in [0.3, 0.4) is 0 Å². The van der Waals surface area contributed by atoms with Crippen molar-refractivity contribution in [3.63, 3.8) is 0 Å². The molecule has 0 atom stereocenters. The fourth-order valence-corrected chi connectivity index (χ4v) is 6.17. The summed E-state index contributed by atoms with van der Waals surface area (Å²) in [7, 11) is 0. The Labute approximate surface area is 243 Å². The van der Waals surface area contributed by atoms with Crippen LogP contribution in [0.25, 0.3) is 0 Å². The first kappa shape index (κ1) is 39.9. The molecule has 0 unspecified atom stereocenters. The number of ether oxygens (including phenoxy) is 2. The van der Waals surface area contributed by atoms with E-state index in [-0.39, 0.29) is 63.2 Å². The maximum absolute atomic E-state index is 11.7. The van der Waals surface area contributed by atoms with Gasteiger partial charge in [-0.15, -0.1) is 23.5 Å². The zero-order chi connectivity index (χ0) is 25.8. The number of carbonyl (C=O) groups excluding carboxylic acids is 2. The maximum Gasteiger partial charge on any atom is 0.306 e. The largest absolute Gasteiger partial charge is 0.465 e. The summed E-state index contributed by atoms with van der Waals surface area (Å²) in [5, 5.41) is 16.7. The molecular weight excluding hydrogens is 591 g/mol. The summed E-state index contributed by atoms with van der Waals surface area (Å²) in [5.41, 5.74) is 0. The van der Waals surface area contributed by atoms with E-state index in [1.165, 1.54) is 89.9 Å². The molecular formula is C26H56O6S2Sn. The van der Waals surface area contributed by atoms with Crippen molar-refractivity contribution in [1.29, 1.82) is 0 Å². The third-order valence-corrected chi connectivity index (χ3v) is 8.85. The average Bonchev–Trinajstić information content (AvgIpc) is 2.85. The normalized spacial score (nSPS) is 10.7. The molecule has 0 aliphatic carbocycles. The Balaban J connectivity index is -0.000000337. The Morgan fingerprint density at radius 2 is 1.34 bits per heavy atom. The summed E-state index contributed by atoms with van der Waals surface area (Å²) in [6, 6.07) is 0. The first-order chi connectivity index (χ1) is 16.6. The Kier molecular flexibility index (Phi) is 36.9. The van der Waals surface area contributed by atoms with Crippen LogP contribution in [0.5, 0.6) is 0 Å². The van der Waals surface area contributed by atoms with Crippen LogP contribution in [0.15, 0.2) is 0 Å². The van der Waals surface area contributed by atoms with Gasteiger partial charge in [-0.2, -0.15) is 0 Å². The molecule has 0 aromatic carbocycles. The molecule has 4 radical (unpaired) electrons. The number of hydrogen-bond acceptors (Lipinski definition) is 8. The van der Waals surface area contributed by atoms with Crippen molar-refractivity contribution in [2.45, 2.75) is 114 Å². The minimum Gasteiger partial charge on any atom is -0.465 e. The first-order valence-corrected chi connectivity index (χ1v) is 15.4. The SMILES string of the molecule is CCCCCCCCC(CCCCCCCC)(SC)SCCC(=O)OCCO.O=COCCO.[HH].[HH].[Sn]. The molecule has 0 aromatic rings. The van der Waals surface area contributed by atoms with Crippen molar-refractivity contribution >= 4 is 59.9 Å². The van der Waals surface area contributed by atoms with E-state index < -0.39 is 0 Å². The molecule has 0 amide bonds. The number of hydrogen-bond donors (Lipinski definition) is 2. The van der Waals surface area contributed by atoms with Gasteiger partial charge in [-0.1, -0.05) is 90.9 Å². The molecule has 0 bridgehead atoms. The van der Waals surface area contributed by atoms with E-state index in [0.29, 0.717) is 12.9 Å². The summed E-state index contributed by atoms with van der Waals surface area (Å²) >= 11 is 3.96. The number of carbonyl (C=O) groups is 2. The van der Waals surface area contributed by atoms with Gasteiger partial charge >= 0.3 is 5.97 Å². The van der Waals surface area contributed by atoms with Gasteiger partial charge < -0.3 is 19.7 Å². The van der Waals surface area contributed by atoms with Gasteiger partial charge in [-0.05, 0) is 19.1 Å². The van der Waals surface area contributed by atoms with Crippen LogP contribution in [0.1, 0.15) is 113 Å². The van der Waals surface area contributed by atoms with Crippen LogP contribution < -0.4 is 0 Å². The summed E-state index contributed by atoms with van der Waals surface area (Å²) in [6.07, 6.45) is 21.2. The number of thioether (sulfide) groups is 2. The molecule has 2 N–H and O–H groups in total. The van der Waals surface area contributed by atoms with Gasteiger partial charge in [0, 0.05) is 32.5 Å². The Morgan fingerprint density at radius 3 is 1.74 bits per heavy atom. The summed E-state index contributed by atoms with van der Waals surface area (Å²) in [4.78, 5) is 21.0. The fraction of sp³-hybridized carbons (Fsp3) is 0.923. The molecule has 0 rings (SSSR count). The number of aliphatic hydroxyl groups is 2. The van der Waals surface area contributed by atoms with Crippen molar-refractivity contribution in [2.75, 3.05) is 38.4 Å². The van der Waals surface area contributed by atoms with E-state index in [4.69, 9.17) is 14.9 Å². The molecule has 0 aliphatic rings.